The van der Waals surface area contributed by atoms with Crippen LogP contribution in [-0.2, 0) is 17.6 Å². The molecular weight excluding hydrogens is 246 g/mol. The molecule has 0 aliphatic rings. The van der Waals surface area contributed by atoms with Crippen molar-refractivity contribution < 1.29 is 9.90 Å². The average molecular weight is 265 g/mol. The fourth-order valence-electron chi connectivity index (χ4n) is 1.79. The first-order chi connectivity index (χ1) is 8.41. The van der Waals surface area contributed by atoms with Gasteiger partial charge in [-0.25, -0.2) is 4.79 Å². The molecule has 0 spiro atoms. The Bertz CT molecular complexity index is 455. The maximum atomic E-state index is 10.8. The second-order valence-corrected chi connectivity index (χ2v) is 5.15. The maximum Gasteiger partial charge on any atom is 0.342 e. The van der Waals surface area contributed by atoms with Crippen LogP contribution >= 0.6 is 12.2 Å². The zero-order chi connectivity index (χ0) is 13.7. The molecule has 0 bridgehead atoms. The molecule has 1 aromatic rings. The van der Waals surface area contributed by atoms with Gasteiger partial charge in [0.25, 0.3) is 0 Å². The third kappa shape index (κ3) is 4.20. The number of rotatable bonds is 6. The van der Waals surface area contributed by atoms with Gasteiger partial charge in [0, 0.05) is 13.0 Å². The number of carbonyl (C=O) groups is 1. The Kier molecular flexibility index (Phi) is 5.44. The number of aliphatic carboxylic acids is 1. The summed E-state index contributed by atoms with van der Waals surface area (Å²) in [7, 11) is 4.08. The summed E-state index contributed by atoms with van der Waals surface area (Å²) in [6.07, 6.45) is 1.30. The smallest absolute Gasteiger partial charge is 0.342 e. The minimum Gasteiger partial charge on any atom is -0.477 e. The Morgan fingerprint density at radius 1 is 1.33 bits per heavy atom. The molecule has 0 aliphatic carbocycles. The summed E-state index contributed by atoms with van der Waals surface area (Å²) in [6.45, 7) is 3.01. The molecular formula is C14H19NO2S. The van der Waals surface area contributed by atoms with E-state index in [0.29, 0.717) is 6.42 Å². The Hall–Kier alpha value is -1.26. The van der Waals surface area contributed by atoms with E-state index in [-0.39, 0.29) is 4.86 Å². The second-order valence-electron chi connectivity index (χ2n) is 4.66. The standard InChI is InChI=1S/C14H19NO2S/c1-10-11(7-8-15(2)3)5-4-6-12(10)9-13(18)14(16)17/h4-6H,7-9H2,1-3H3,(H,16,17). The van der Waals surface area contributed by atoms with E-state index < -0.39 is 5.97 Å². The first-order valence-corrected chi connectivity index (χ1v) is 6.31. The van der Waals surface area contributed by atoms with Crippen molar-refractivity contribution in [2.75, 3.05) is 20.6 Å². The van der Waals surface area contributed by atoms with Crippen molar-refractivity contribution in [3.8, 4) is 0 Å². The molecule has 0 radical (unpaired) electrons. The third-order valence-corrected chi connectivity index (χ3v) is 3.30. The fourth-order valence-corrected chi connectivity index (χ4v) is 1.95. The first-order valence-electron chi connectivity index (χ1n) is 5.90. The molecule has 1 N–H and O–H groups in total. The van der Waals surface area contributed by atoms with E-state index in [9.17, 15) is 4.79 Å². The molecule has 18 heavy (non-hydrogen) atoms. The second kappa shape index (κ2) is 6.61. The molecule has 0 fully saturated rings. The van der Waals surface area contributed by atoms with Crippen LogP contribution in [0.2, 0.25) is 0 Å². The minimum atomic E-state index is -0.997. The van der Waals surface area contributed by atoms with Crippen molar-refractivity contribution in [3.05, 3.63) is 34.9 Å². The predicted molar refractivity (Wildman–Crippen MR) is 77.4 cm³/mol. The van der Waals surface area contributed by atoms with E-state index in [2.05, 4.69) is 11.0 Å². The van der Waals surface area contributed by atoms with Crippen LogP contribution in [0.4, 0.5) is 0 Å². The molecule has 0 unspecified atom stereocenters. The largest absolute Gasteiger partial charge is 0.477 e. The van der Waals surface area contributed by atoms with Gasteiger partial charge in [-0.3, -0.25) is 0 Å². The number of thiocarbonyl (C=S) groups is 1. The van der Waals surface area contributed by atoms with Crippen molar-refractivity contribution in [1.29, 1.82) is 0 Å². The van der Waals surface area contributed by atoms with Crippen LogP contribution in [0.5, 0.6) is 0 Å². The highest BCUT2D eigenvalue weighted by Gasteiger charge is 2.11. The first kappa shape index (κ1) is 14.8. The summed E-state index contributed by atoms with van der Waals surface area (Å²) < 4.78 is 0. The molecule has 98 valence electrons. The Morgan fingerprint density at radius 2 is 1.94 bits per heavy atom. The summed E-state index contributed by atoms with van der Waals surface area (Å²) in [5.41, 5.74) is 3.43. The number of carboxylic acid groups (broad SMARTS) is 1. The lowest BCUT2D eigenvalue weighted by molar-refractivity contribution is -0.129. The van der Waals surface area contributed by atoms with Crippen molar-refractivity contribution in [2.45, 2.75) is 19.8 Å². The van der Waals surface area contributed by atoms with Gasteiger partial charge in [-0.1, -0.05) is 30.4 Å². The van der Waals surface area contributed by atoms with Crippen molar-refractivity contribution in [2.24, 2.45) is 0 Å². The molecule has 4 heteroatoms. The number of likely N-dealkylation sites (N-methyl/N-ethyl adjacent to an activating group) is 1. The van der Waals surface area contributed by atoms with Crippen molar-refractivity contribution >= 4 is 23.1 Å². The number of carboxylic acids is 1. The van der Waals surface area contributed by atoms with E-state index in [1.54, 1.807) is 0 Å². The zero-order valence-electron chi connectivity index (χ0n) is 11.1. The van der Waals surface area contributed by atoms with Gasteiger partial charge < -0.3 is 10.0 Å². The van der Waals surface area contributed by atoms with Gasteiger partial charge in [0.05, 0.1) is 0 Å². The minimum absolute atomic E-state index is 0.0721. The van der Waals surface area contributed by atoms with Gasteiger partial charge >= 0.3 is 5.97 Å². The SMILES string of the molecule is Cc1c(CCN(C)C)cccc1CC(=S)C(=O)O. The van der Waals surface area contributed by atoms with Gasteiger partial charge in [0.1, 0.15) is 4.86 Å². The summed E-state index contributed by atoms with van der Waals surface area (Å²) >= 11 is 4.86. The molecule has 0 atom stereocenters. The number of hydrogen-bond donors (Lipinski definition) is 1. The van der Waals surface area contributed by atoms with Crippen LogP contribution in [0.1, 0.15) is 16.7 Å². The van der Waals surface area contributed by atoms with Crippen LogP contribution in [0.15, 0.2) is 18.2 Å². The van der Waals surface area contributed by atoms with Gasteiger partial charge in [0.2, 0.25) is 0 Å². The molecule has 1 rings (SSSR count). The van der Waals surface area contributed by atoms with Crippen LogP contribution in [0.3, 0.4) is 0 Å². The molecule has 1 aromatic carbocycles. The normalized spacial score (nSPS) is 10.7. The average Bonchev–Trinajstić information content (AvgIpc) is 2.29. The van der Waals surface area contributed by atoms with Crippen molar-refractivity contribution in [3.63, 3.8) is 0 Å². The third-order valence-electron chi connectivity index (χ3n) is 2.98. The van der Waals surface area contributed by atoms with Crippen LogP contribution in [0, 0.1) is 6.92 Å². The Labute approximate surface area is 113 Å². The monoisotopic (exact) mass is 265 g/mol. The van der Waals surface area contributed by atoms with Gasteiger partial charge in [-0.15, -0.1) is 0 Å². The van der Waals surface area contributed by atoms with Crippen LogP contribution in [-0.4, -0.2) is 41.5 Å². The van der Waals surface area contributed by atoms with E-state index in [0.717, 1.165) is 24.1 Å². The van der Waals surface area contributed by atoms with Crippen LogP contribution in [0.25, 0.3) is 0 Å². The topological polar surface area (TPSA) is 40.5 Å². The lowest BCUT2D eigenvalue weighted by atomic mass is 9.97. The molecule has 0 aliphatic heterocycles. The highest BCUT2D eigenvalue weighted by atomic mass is 32.1. The molecule has 0 saturated carbocycles. The van der Waals surface area contributed by atoms with Gasteiger partial charge in [-0.2, -0.15) is 0 Å². The molecule has 0 amide bonds. The molecule has 3 nitrogen and oxygen atoms in total. The molecule has 0 aromatic heterocycles. The van der Waals surface area contributed by atoms with E-state index >= 15 is 0 Å². The zero-order valence-corrected chi connectivity index (χ0v) is 11.9. The molecule has 0 heterocycles. The quantitative estimate of drug-likeness (QED) is 0.800. The van der Waals surface area contributed by atoms with Crippen LogP contribution < -0.4 is 0 Å². The lowest BCUT2D eigenvalue weighted by Gasteiger charge is -2.13. The number of nitrogens with zero attached hydrogens (tertiary/aromatic N) is 1. The summed E-state index contributed by atoms with van der Waals surface area (Å²) in [6, 6.07) is 6.01. The summed E-state index contributed by atoms with van der Waals surface area (Å²) in [5, 5.41) is 8.83. The molecule has 0 saturated heterocycles. The van der Waals surface area contributed by atoms with E-state index in [1.165, 1.54) is 5.56 Å². The Balaban J connectivity index is 2.84. The number of benzene rings is 1. The maximum absolute atomic E-state index is 10.8. The Morgan fingerprint density at radius 3 is 2.50 bits per heavy atom. The number of hydrogen-bond acceptors (Lipinski definition) is 3. The highest BCUT2D eigenvalue weighted by molar-refractivity contribution is 7.82. The van der Waals surface area contributed by atoms with Gasteiger partial charge in [0.15, 0.2) is 0 Å². The van der Waals surface area contributed by atoms with Gasteiger partial charge in [-0.05, 0) is 44.1 Å². The van der Waals surface area contributed by atoms with E-state index in [1.807, 2.05) is 33.2 Å². The van der Waals surface area contributed by atoms with Crippen molar-refractivity contribution in [1.82, 2.24) is 4.90 Å². The lowest BCUT2D eigenvalue weighted by Crippen LogP contribution is -2.17. The highest BCUT2D eigenvalue weighted by Crippen LogP contribution is 2.16. The van der Waals surface area contributed by atoms with E-state index in [4.69, 9.17) is 17.3 Å². The predicted octanol–water partition coefficient (Wildman–Crippen LogP) is 2.10. The fraction of sp³-hybridized carbons (Fsp3) is 0.429. The summed E-state index contributed by atoms with van der Waals surface area (Å²) in [4.78, 5) is 13.0. The summed E-state index contributed by atoms with van der Waals surface area (Å²) in [5.74, 6) is -0.997.